The molecule has 5 heteroatoms. The number of aromatic hydroxyl groups is 1. The lowest BCUT2D eigenvalue weighted by Crippen LogP contribution is -2.26. The first-order valence-corrected chi connectivity index (χ1v) is 7.63. The van der Waals surface area contributed by atoms with Gasteiger partial charge in [0, 0.05) is 28.2 Å². The molecule has 2 aromatic carbocycles. The first-order valence-electron chi connectivity index (χ1n) is 7.63. The van der Waals surface area contributed by atoms with Crippen molar-refractivity contribution in [3.8, 4) is 5.75 Å². The zero-order chi connectivity index (χ0) is 16.7. The predicted molar refractivity (Wildman–Crippen MR) is 91.4 cm³/mol. The van der Waals surface area contributed by atoms with Gasteiger partial charge in [-0.2, -0.15) is 0 Å². The average molecular weight is 320 g/mol. The van der Waals surface area contributed by atoms with Gasteiger partial charge in [0.2, 0.25) is 0 Å². The third-order valence-electron chi connectivity index (χ3n) is 4.32. The summed E-state index contributed by atoms with van der Waals surface area (Å²) in [5, 5.41) is 14.7. The zero-order valence-corrected chi connectivity index (χ0v) is 13.0. The first kappa shape index (κ1) is 14.4. The molecule has 0 saturated carbocycles. The largest absolute Gasteiger partial charge is 0.508 e. The van der Waals surface area contributed by atoms with Gasteiger partial charge in [0.1, 0.15) is 11.4 Å². The van der Waals surface area contributed by atoms with Crippen molar-refractivity contribution in [1.29, 1.82) is 0 Å². The number of benzene rings is 2. The van der Waals surface area contributed by atoms with Crippen LogP contribution in [0.25, 0.3) is 17.0 Å². The molecule has 3 N–H and O–H groups in total. The van der Waals surface area contributed by atoms with Gasteiger partial charge in [0.05, 0.1) is 13.2 Å². The topological polar surface area (TPSA) is 74.4 Å². The van der Waals surface area contributed by atoms with Crippen molar-refractivity contribution in [1.82, 2.24) is 10.3 Å². The molecular formula is C19H16N2O3. The van der Waals surface area contributed by atoms with Crippen molar-refractivity contribution >= 4 is 22.9 Å². The van der Waals surface area contributed by atoms with E-state index in [9.17, 15) is 9.90 Å². The lowest BCUT2D eigenvalue weighted by Gasteiger charge is -2.22. The Bertz CT molecular complexity index is 957. The number of rotatable bonds is 2. The zero-order valence-electron chi connectivity index (χ0n) is 13.0. The number of aromatic nitrogens is 1. The van der Waals surface area contributed by atoms with Crippen LogP contribution in [0.3, 0.4) is 0 Å². The minimum absolute atomic E-state index is 0.184. The quantitative estimate of drug-likeness (QED) is 0.634. The van der Waals surface area contributed by atoms with Crippen molar-refractivity contribution in [2.24, 2.45) is 0 Å². The molecule has 2 heterocycles. The van der Waals surface area contributed by atoms with E-state index in [0.29, 0.717) is 5.70 Å². The number of hydrogen-bond acceptors (Lipinski definition) is 4. The van der Waals surface area contributed by atoms with Gasteiger partial charge in [0.25, 0.3) is 0 Å². The minimum Gasteiger partial charge on any atom is -0.508 e. The molecule has 1 aromatic heterocycles. The van der Waals surface area contributed by atoms with Crippen LogP contribution in [0.5, 0.6) is 5.75 Å². The number of hydrogen-bond donors (Lipinski definition) is 3. The Balaban J connectivity index is 2.02. The summed E-state index contributed by atoms with van der Waals surface area (Å²) >= 11 is 0. The Morgan fingerprint density at radius 3 is 2.71 bits per heavy atom. The lowest BCUT2D eigenvalue weighted by molar-refractivity contribution is -0.136. The summed E-state index contributed by atoms with van der Waals surface area (Å²) in [7, 11) is 1.35. The maximum absolute atomic E-state index is 12.1. The molecule has 1 aliphatic heterocycles. The number of aromatic amines is 1. The summed E-state index contributed by atoms with van der Waals surface area (Å²) in [5.74, 6) is -0.262. The van der Waals surface area contributed by atoms with E-state index in [1.54, 1.807) is 12.1 Å². The molecule has 3 aromatic rings. The molecule has 1 atom stereocenters. The highest BCUT2D eigenvalue weighted by Gasteiger charge is 2.28. The molecule has 24 heavy (non-hydrogen) atoms. The minimum atomic E-state index is -0.447. The van der Waals surface area contributed by atoms with Crippen LogP contribution in [0.15, 0.2) is 54.4 Å². The van der Waals surface area contributed by atoms with Gasteiger partial charge in [-0.05, 0) is 23.8 Å². The van der Waals surface area contributed by atoms with Gasteiger partial charge >= 0.3 is 5.97 Å². The van der Waals surface area contributed by atoms with Crippen molar-refractivity contribution in [3.63, 3.8) is 0 Å². The highest BCUT2D eigenvalue weighted by molar-refractivity contribution is 6.01. The predicted octanol–water partition coefficient (Wildman–Crippen LogP) is 3.08. The van der Waals surface area contributed by atoms with E-state index in [1.807, 2.05) is 42.6 Å². The highest BCUT2D eigenvalue weighted by atomic mass is 16.5. The molecule has 120 valence electrons. The molecule has 0 amide bonds. The number of nitrogens with one attached hydrogen (secondary N) is 2. The van der Waals surface area contributed by atoms with E-state index in [1.165, 1.54) is 7.11 Å². The van der Waals surface area contributed by atoms with Crippen molar-refractivity contribution in [3.05, 3.63) is 71.0 Å². The summed E-state index contributed by atoms with van der Waals surface area (Å²) in [5.41, 5.74) is 3.78. The van der Waals surface area contributed by atoms with E-state index < -0.39 is 5.97 Å². The van der Waals surface area contributed by atoms with Crippen molar-refractivity contribution in [2.45, 2.75) is 6.04 Å². The van der Waals surface area contributed by atoms with Crippen LogP contribution in [0.2, 0.25) is 0 Å². The van der Waals surface area contributed by atoms with Crippen LogP contribution in [-0.2, 0) is 9.53 Å². The smallest absolute Gasteiger partial charge is 0.354 e. The molecule has 0 fully saturated rings. The van der Waals surface area contributed by atoms with E-state index >= 15 is 0 Å². The molecule has 1 aliphatic rings. The monoisotopic (exact) mass is 320 g/mol. The highest BCUT2D eigenvalue weighted by Crippen LogP contribution is 2.40. The fourth-order valence-corrected chi connectivity index (χ4v) is 3.22. The molecule has 0 spiro atoms. The Labute approximate surface area is 138 Å². The molecule has 0 bridgehead atoms. The number of ether oxygens (including phenoxy) is 1. The Hall–Kier alpha value is -3.21. The Kier molecular flexibility index (Phi) is 3.27. The summed E-state index contributed by atoms with van der Waals surface area (Å²) in [4.78, 5) is 15.3. The van der Waals surface area contributed by atoms with Crippen LogP contribution < -0.4 is 5.32 Å². The van der Waals surface area contributed by atoms with Gasteiger partial charge in [-0.1, -0.05) is 30.3 Å². The number of carbonyl (C=O) groups is 1. The third kappa shape index (κ3) is 2.13. The maximum Gasteiger partial charge on any atom is 0.354 e. The van der Waals surface area contributed by atoms with E-state index in [4.69, 9.17) is 4.74 Å². The Morgan fingerprint density at radius 1 is 1.17 bits per heavy atom. The summed E-state index contributed by atoms with van der Waals surface area (Å²) in [6.07, 6.45) is 3.57. The van der Waals surface area contributed by atoms with Crippen LogP contribution >= 0.6 is 0 Å². The molecule has 0 aliphatic carbocycles. The summed E-state index contributed by atoms with van der Waals surface area (Å²) in [6.45, 7) is 0. The lowest BCUT2D eigenvalue weighted by atomic mass is 9.94. The third-order valence-corrected chi connectivity index (χ3v) is 4.32. The van der Waals surface area contributed by atoms with Gasteiger partial charge in [-0.25, -0.2) is 4.79 Å². The molecule has 5 nitrogen and oxygen atoms in total. The van der Waals surface area contributed by atoms with Crippen LogP contribution in [-0.4, -0.2) is 23.2 Å². The number of H-pyrrole nitrogens is 1. The molecule has 4 rings (SSSR count). The maximum atomic E-state index is 12.1. The SMILES string of the molecule is COC(=O)C1=Cc2c[nH]c3ccc(O)c(c23)[C@@H](c2ccccc2)N1. The van der Waals surface area contributed by atoms with Gasteiger partial charge in [-0.3, -0.25) is 0 Å². The number of esters is 1. The average Bonchev–Trinajstić information content (AvgIpc) is 2.93. The van der Waals surface area contributed by atoms with Crippen LogP contribution in [0.4, 0.5) is 0 Å². The van der Waals surface area contributed by atoms with Crippen molar-refractivity contribution in [2.75, 3.05) is 7.11 Å². The molecule has 0 saturated heterocycles. The standard InChI is InChI=1S/C19H16N2O3/c1-24-19(23)14-9-12-10-20-13-7-8-15(22)17(16(12)13)18(21-14)11-5-3-2-4-6-11/h2-10,18,20-22H,1H3/t18-/m1/s1. The second kappa shape index (κ2) is 5.45. The van der Waals surface area contributed by atoms with Crippen LogP contribution in [0.1, 0.15) is 22.7 Å². The fourth-order valence-electron chi connectivity index (χ4n) is 3.22. The van der Waals surface area contributed by atoms with Gasteiger partial charge < -0.3 is 20.1 Å². The number of phenols is 1. The van der Waals surface area contributed by atoms with Crippen LogP contribution in [0, 0.1) is 0 Å². The molecular weight excluding hydrogens is 304 g/mol. The van der Waals surface area contributed by atoms with E-state index in [2.05, 4.69) is 10.3 Å². The fraction of sp³-hybridized carbons (Fsp3) is 0.105. The Morgan fingerprint density at radius 2 is 1.96 bits per heavy atom. The van der Waals surface area contributed by atoms with E-state index in [-0.39, 0.29) is 11.8 Å². The van der Waals surface area contributed by atoms with E-state index in [0.717, 1.165) is 27.6 Å². The number of phenolic OH excluding ortho intramolecular Hbond substituents is 1. The second-order valence-corrected chi connectivity index (χ2v) is 5.70. The molecule has 0 radical (unpaired) electrons. The van der Waals surface area contributed by atoms with Gasteiger partial charge in [0.15, 0.2) is 0 Å². The summed E-state index contributed by atoms with van der Waals surface area (Å²) in [6, 6.07) is 12.8. The second-order valence-electron chi connectivity index (χ2n) is 5.70. The van der Waals surface area contributed by atoms with Gasteiger partial charge in [-0.15, -0.1) is 0 Å². The number of methoxy groups -OCH3 is 1. The first-order chi connectivity index (χ1) is 11.7. The number of carbonyl (C=O) groups excluding carboxylic acids is 1. The normalized spacial score (nSPS) is 16.2. The summed E-state index contributed by atoms with van der Waals surface area (Å²) < 4.78 is 4.89. The molecule has 0 unspecified atom stereocenters. The van der Waals surface area contributed by atoms with Crippen molar-refractivity contribution < 1.29 is 14.6 Å².